The molecule has 1 unspecified atom stereocenters. The van der Waals surface area contributed by atoms with Gasteiger partial charge in [0.1, 0.15) is 6.04 Å². The first-order valence-corrected chi connectivity index (χ1v) is 6.88. The lowest BCUT2D eigenvalue weighted by Crippen LogP contribution is -2.34. The predicted molar refractivity (Wildman–Crippen MR) is 70.1 cm³/mol. The number of nitrogens with one attached hydrogen (secondary N) is 1. The van der Waals surface area contributed by atoms with Crippen LogP contribution in [0.15, 0.2) is 4.34 Å². The molecule has 0 saturated heterocycles. The van der Waals surface area contributed by atoms with Gasteiger partial charge >= 0.3 is 5.97 Å². The number of anilines is 1. The van der Waals surface area contributed by atoms with Crippen LogP contribution in [-0.2, 0) is 4.79 Å². The normalized spacial score (nSPS) is 12.4. The number of rotatable bonds is 7. The van der Waals surface area contributed by atoms with Crippen molar-refractivity contribution in [2.45, 2.75) is 16.8 Å². The van der Waals surface area contributed by atoms with Gasteiger partial charge in [0.05, 0.1) is 0 Å². The Kier molecular flexibility index (Phi) is 5.66. The monoisotopic (exact) mass is 276 g/mol. The fourth-order valence-electron chi connectivity index (χ4n) is 1.10. The number of thioether (sulfide) groups is 1. The van der Waals surface area contributed by atoms with Gasteiger partial charge in [-0.3, -0.25) is 4.79 Å². The second-order valence-corrected chi connectivity index (χ2v) is 5.86. The van der Waals surface area contributed by atoms with Crippen molar-refractivity contribution in [1.82, 2.24) is 15.5 Å². The van der Waals surface area contributed by atoms with Crippen LogP contribution in [0.3, 0.4) is 0 Å². The Hall–Kier alpha value is -0.860. The summed E-state index contributed by atoms with van der Waals surface area (Å²) in [5.74, 6) is -0.112. The second-order valence-electron chi connectivity index (χ2n) is 3.56. The number of nitrogens with zero attached hydrogens (tertiary/aromatic N) is 3. The molecule has 1 heterocycles. The fraction of sp³-hybridized carbons (Fsp3) is 0.667. The molecule has 0 aliphatic rings. The summed E-state index contributed by atoms with van der Waals surface area (Å²) < 4.78 is 0.869. The van der Waals surface area contributed by atoms with E-state index in [0.29, 0.717) is 12.2 Å². The Morgan fingerprint density at radius 3 is 2.76 bits per heavy atom. The summed E-state index contributed by atoms with van der Waals surface area (Å²) in [6.07, 6.45) is 0.563. The average molecular weight is 276 g/mol. The molecule has 17 heavy (non-hydrogen) atoms. The van der Waals surface area contributed by atoms with Crippen LogP contribution in [0.25, 0.3) is 0 Å². The first kappa shape index (κ1) is 14.2. The van der Waals surface area contributed by atoms with Gasteiger partial charge < -0.3 is 15.3 Å². The molecule has 1 rings (SSSR count). The van der Waals surface area contributed by atoms with Gasteiger partial charge in [-0.2, -0.15) is 0 Å². The molecule has 0 fully saturated rings. The number of carbonyl (C=O) groups is 1. The van der Waals surface area contributed by atoms with Crippen molar-refractivity contribution in [3.05, 3.63) is 0 Å². The Balaban J connectivity index is 2.37. The summed E-state index contributed by atoms with van der Waals surface area (Å²) in [7, 11) is 5.48. The standard InChI is InChI=1S/C9H16N4O2S2/c1-10-6(7(14)15)4-5-16-9-12-11-8(17-9)13(2)3/h6,10H,4-5H2,1-3H3,(H,14,15). The summed E-state index contributed by atoms with van der Waals surface area (Å²) in [5, 5.41) is 20.5. The lowest BCUT2D eigenvalue weighted by atomic mass is 10.2. The van der Waals surface area contributed by atoms with Crippen LogP contribution in [0.2, 0.25) is 0 Å². The van der Waals surface area contributed by atoms with Crippen molar-refractivity contribution >= 4 is 34.2 Å². The van der Waals surface area contributed by atoms with E-state index in [1.807, 2.05) is 19.0 Å². The maximum Gasteiger partial charge on any atom is 0.320 e. The number of aromatic nitrogens is 2. The SMILES string of the molecule is CNC(CCSc1nnc(N(C)C)s1)C(=O)O. The molecule has 6 nitrogen and oxygen atoms in total. The zero-order valence-corrected chi connectivity index (χ0v) is 11.6. The molecule has 2 N–H and O–H groups in total. The highest BCUT2D eigenvalue weighted by Gasteiger charge is 2.15. The van der Waals surface area contributed by atoms with E-state index in [1.54, 1.807) is 7.05 Å². The van der Waals surface area contributed by atoms with Crippen LogP contribution >= 0.6 is 23.1 Å². The van der Waals surface area contributed by atoms with Gasteiger partial charge in [-0.25, -0.2) is 0 Å². The van der Waals surface area contributed by atoms with Crippen LogP contribution in [0.5, 0.6) is 0 Å². The van der Waals surface area contributed by atoms with Gasteiger partial charge in [0, 0.05) is 19.8 Å². The van der Waals surface area contributed by atoms with E-state index in [-0.39, 0.29) is 0 Å². The van der Waals surface area contributed by atoms with Crippen LogP contribution < -0.4 is 10.2 Å². The summed E-state index contributed by atoms with van der Waals surface area (Å²) in [5.41, 5.74) is 0. The average Bonchev–Trinajstić information content (AvgIpc) is 2.72. The highest BCUT2D eigenvalue weighted by atomic mass is 32.2. The Morgan fingerprint density at radius 1 is 1.59 bits per heavy atom. The first-order chi connectivity index (χ1) is 8.04. The molecule has 1 aromatic heterocycles. The molecule has 1 atom stereocenters. The molecule has 8 heteroatoms. The summed E-state index contributed by atoms with van der Waals surface area (Å²) in [4.78, 5) is 12.7. The molecule has 0 aliphatic carbocycles. The molecule has 0 saturated carbocycles. The topological polar surface area (TPSA) is 78.4 Å². The minimum Gasteiger partial charge on any atom is -0.480 e. The van der Waals surface area contributed by atoms with Crippen molar-refractivity contribution in [2.75, 3.05) is 31.8 Å². The smallest absolute Gasteiger partial charge is 0.320 e. The molecule has 0 amide bonds. The van der Waals surface area contributed by atoms with E-state index in [0.717, 1.165) is 9.47 Å². The maximum atomic E-state index is 10.8. The third-order valence-corrected chi connectivity index (χ3v) is 4.31. The zero-order valence-electron chi connectivity index (χ0n) is 10.0. The largest absolute Gasteiger partial charge is 0.480 e. The first-order valence-electron chi connectivity index (χ1n) is 5.08. The minimum atomic E-state index is -0.820. The second kappa shape index (κ2) is 6.77. The number of aliphatic carboxylic acids is 1. The van der Waals surface area contributed by atoms with Gasteiger partial charge in [0.25, 0.3) is 0 Å². The molecule has 1 aromatic rings. The van der Waals surface area contributed by atoms with E-state index < -0.39 is 12.0 Å². The third kappa shape index (κ3) is 4.49. The van der Waals surface area contributed by atoms with Crippen LogP contribution in [-0.4, -0.2) is 54.2 Å². The Morgan fingerprint density at radius 2 is 2.29 bits per heavy atom. The molecule has 0 bridgehead atoms. The summed E-state index contributed by atoms with van der Waals surface area (Å²) in [6.45, 7) is 0. The molecular weight excluding hydrogens is 260 g/mol. The van der Waals surface area contributed by atoms with Gasteiger partial charge in [0.15, 0.2) is 4.34 Å². The molecule has 0 spiro atoms. The lowest BCUT2D eigenvalue weighted by Gasteiger charge is -2.09. The molecule has 0 radical (unpaired) electrons. The number of carboxylic acid groups (broad SMARTS) is 1. The van der Waals surface area contributed by atoms with Crippen LogP contribution in [0.1, 0.15) is 6.42 Å². The van der Waals surface area contributed by atoms with Crippen molar-refractivity contribution in [3.8, 4) is 0 Å². The number of likely N-dealkylation sites (N-methyl/N-ethyl adjacent to an activating group) is 1. The number of carboxylic acids is 1. The highest BCUT2D eigenvalue weighted by molar-refractivity contribution is 8.01. The Labute approximate surface area is 108 Å². The van der Waals surface area contributed by atoms with E-state index in [1.165, 1.54) is 23.1 Å². The van der Waals surface area contributed by atoms with E-state index in [4.69, 9.17) is 5.11 Å². The van der Waals surface area contributed by atoms with Crippen molar-refractivity contribution in [3.63, 3.8) is 0 Å². The molecular formula is C9H16N4O2S2. The molecule has 96 valence electrons. The minimum absolute atomic E-state index is 0.497. The lowest BCUT2D eigenvalue weighted by molar-refractivity contribution is -0.139. The van der Waals surface area contributed by atoms with Crippen molar-refractivity contribution in [1.29, 1.82) is 0 Å². The van der Waals surface area contributed by atoms with Gasteiger partial charge in [-0.05, 0) is 13.5 Å². The predicted octanol–water partition coefficient (Wildman–Crippen LogP) is 0.759. The van der Waals surface area contributed by atoms with Crippen LogP contribution in [0, 0.1) is 0 Å². The summed E-state index contributed by atoms with van der Waals surface area (Å²) >= 11 is 3.04. The molecule has 0 aromatic carbocycles. The molecule has 0 aliphatic heterocycles. The van der Waals surface area contributed by atoms with Gasteiger partial charge in [-0.1, -0.05) is 23.1 Å². The van der Waals surface area contributed by atoms with E-state index in [9.17, 15) is 4.79 Å². The number of hydrogen-bond acceptors (Lipinski definition) is 7. The quantitative estimate of drug-likeness (QED) is 0.712. The fourth-order valence-corrected chi connectivity index (χ4v) is 2.94. The Bertz CT molecular complexity index is 370. The summed E-state index contributed by atoms with van der Waals surface area (Å²) in [6, 6.07) is -0.497. The van der Waals surface area contributed by atoms with Gasteiger partial charge in [0.2, 0.25) is 5.13 Å². The zero-order chi connectivity index (χ0) is 12.8. The van der Waals surface area contributed by atoms with E-state index in [2.05, 4.69) is 15.5 Å². The van der Waals surface area contributed by atoms with Crippen molar-refractivity contribution < 1.29 is 9.90 Å². The van der Waals surface area contributed by atoms with E-state index >= 15 is 0 Å². The highest BCUT2D eigenvalue weighted by Crippen LogP contribution is 2.27. The number of hydrogen-bond donors (Lipinski definition) is 2. The van der Waals surface area contributed by atoms with Gasteiger partial charge in [-0.15, -0.1) is 10.2 Å². The maximum absolute atomic E-state index is 10.8. The van der Waals surface area contributed by atoms with Crippen LogP contribution in [0.4, 0.5) is 5.13 Å². The third-order valence-electron chi connectivity index (χ3n) is 2.06. The van der Waals surface area contributed by atoms with Crippen molar-refractivity contribution in [2.24, 2.45) is 0 Å².